The molecule has 13 rings (SSSR count). The molecule has 3 aromatic carbocycles. The molecular weight excluding hydrogens is 1140 g/mol. The van der Waals surface area contributed by atoms with E-state index in [2.05, 4.69) is 85.0 Å². The van der Waals surface area contributed by atoms with Crippen molar-refractivity contribution in [1.82, 2.24) is 93.9 Å². The Labute approximate surface area is 519 Å². The Bertz CT molecular complexity index is 4370. The van der Waals surface area contributed by atoms with Crippen LogP contribution in [0.3, 0.4) is 0 Å². The minimum Gasteiger partial charge on any atom is -0.396 e. The Hall–Kier alpha value is -11.1. The second-order valence-corrected chi connectivity index (χ2v) is 21.7. The van der Waals surface area contributed by atoms with Gasteiger partial charge in [-0.15, -0.1) is 0 Å². The fraction of sp³-hybridized carbons (Fsp3) is 0.246. The zero-order valence-electron chi connectivity index (χ0n) is 50.9. The first-order valence-corrected chi connectivity index (χ1v) is 29.4. The number of anilines is 3. The molecule has 25 heteroatoms. The molecular formula is C65H70N22O3. The van der Waals surface area contributed by atoms with Crippen molar-refractivity contribution >= 4 is 23.4 Å². The van der Waals surface area contributed by atoms with Crippen LogP contribution in [-0.2, 0) is 47.1 Å². The highest BCUT2D eigenvalue weighted by Gasteiger charge is 2.22. The predicted molar refractivity (Wildman–Crippen MR) is 346 cm³/mol. The topological polar surface area (TPSA) is 290 Å². The number of hydrogen-bond donors (Lipinski definition) is 6. The normalized spacial score (nSPS) is 12.8. The van der Waals surface area contributed by atoms with Crippen molar-refractivity contribution in [1.29, 1.82) is 0 Å². The summed E-state index contributed by atoms with van der Waals surface area (Å²) in [6.45, 7) is 1.88. The van der Waals surface area contributed by atoms with Gasteiger partial charge >= 0.3 is 0 Å². The number of rotatable bonds is 19. The number of amides is 1. The molecule has 1 atom stereocenters. The van der Waals surface area contributed by atoms with E-state index in [-0.39, 0.29) is 25.2 Å². The summed E-state index contributed by atoms with van der Waals surface area (Å²) in [7, 11) is 11.3. The molecule has 10 heterocycles. The summed E-state index contributed by atoms with van der Waals surface area (Å²) in [5, 5.41) is 57.2. The second kappa shape index (κ2) is 28.2. The van der Waals surface area contributed by atoms with Gasteiger partial charge in [-0.25, -0.2) is 29.9 Å². The van der Waals surface area contributed by atoms with Gasteiger partial charge in [-0.1, -0.05) is 54.6 Å². The number of benzene rings is 3. The van der Waals surface area contributed by atoms with Crippen LogP contribution in [0.1, 0.15) is 25.7 Å². The number of piperidine rings is 1. The number of aliphatic hydroxyl groups excluding tert-OH is 2. The van der Waals surface area contributed by atoms with Gasteiger partial charge in [-0.2, -0.15) is 30.6 Å². The molecule has 25 nitrogen and oxygen atoms in total. The van der Waals surface area contributed by atoms with Gasteiger partial charge in [0.25, 0.3) is 0 Å². The molecule has 9 aromatic heterocycles. The third-order valence-electron chi connectivity index (χ3n) is 14.7. The zero-order chi connectivity index (χ0) is 62.5. The van der Waals surface area contributed by atoms with E-state index in [1.54, 1.807) is 40.5 Å². The molecule has 0 saturated carbocycles. The Morgan fingerprint density at radius 1 is 0.467 bits per heavy atom. The van der Waals surface area contributed by atoms with Crippen LogP contribution in [0.4, 0.5) is 17.5 Å². The van der Waals surface area contributed by atoms with Crippen LogP contribution in [0.15, 0.2) is 165 Å². The highest BCUT2D eigenvalue weighted by atomic mass is 16.3. The lowest BCUT2D eigenvalue weighted by molar-refractivity contribution is -0.122. The molecule has 1 unspecified atom stereocenters. The third-order valence-corrected chi connectivity index (χ3v) is 14.7. The number of nitrogens with zero attached hydrogens (tertiary/aromatic N) is 18. The molecule has 1 aliphatic heterocycles. The standard InChI is InChI=1S/C23H24N8O.C22H25N7O.C20H21N7O/c1-30-9-8-20(29-30)19-13-25-22(28-23(19)27-18-6-7-21(32)24-12-18)16-5-3-4-15(10-16)17-11-26-31(2)14-17;1-28-14-18(11-25-28)16-6-5-7-17(10-16)21-24-13-20(19-12-26-29(2)15-19)22(27-21)23-8-3-4-9-30;1-26-8-6-18(25-26)17-12-22-19(24-20(17)21-7-9-28)15-5-3-4-14(10-15)16-11-23-27(2)13-16/h3-5,8-11,13-14,18H,6-7,12H2,1-2H3,(H,24,32)(H,25,27,28);5-7,10-15,30H,3-4,8-9H2,1-2H3,(H,23,24,27);3-6,8,10-13,28H,7,9H2,1-2H3,(H,21,22,24). The third kappa shape index (κ3) is 15.0. The summed E-state index contributed by atoms with van der Waals surface area (Å²) in [5.41, 5.74) is 14.1. The Morgan fingerprint density at radius 3 is 1.30 bits per heavy atom. The summed E-state index contributed by atoms with van der Waals surface area (Å²) < 4.78 is 10.6. The molecule has 0 spiro atoms. The summed E-state index contributed by atoms with van der Waals surface area (Å²) in [6.07, 6.45) is 27.3. The van der Waals surface area contributed by atoms with Crippen molar-refractivity contribution in [2.45, 2.75) is 31.7 Å². The first-order chi connectivity index (χ1) is 43.8. The van der Waals surface area contributed by atoms with E-state index >= 15 is 0 Å². The summed E-state index contributed by atoms with van der Waals surface area (Å²) in [4.78, 5) is 39.8. The quantitative estimate of drug-likeness (QED) is 0.0417. The van der Waals surface area contributed by atoms with Crippen LogP contribution >= 0.6 is 0 Å². The van der Waals surface area contributed by atoms with Crippen LogP contribution in [0.2, 0.25) is 0 Å². The Balaban J connectivity index is 0.000000139. The van der Waals surface area contributed by atoms with Crippen molar-refractivity contribution in [3.8, 4) is 101 Å². The average Bonchev–Trinajstić information content (AvgIpc) is 2.79. The molecule has 1 amide bonds. The summed E-state index contributed by atoms with van der Waals surface area (Å²) in [5.74, 6) is 4.08. The number of carbonyl (C=O) groups is 1. The van der Waals surface area contributed by atoms with E-state index in [9.17, 15) is 9.90 Å². The van der Waals surface area contributed by atoms with E-state index < -0.39 is 0 Å². The van der Waals surface area contributed by atoms with Crippen molar-refractivity contribution in [2.75, 3.05) is 48.8 Å². The molecule has 1 fully saturated rings. The Kier molecular flexibility index (Phi) is 19.0. The summed E-state index contributed by atoms with van der Waals surface area (Å²) in [6, 6.07) is 28.2. The number of carbonyl (C=O) groups excluding carboxylic acids is 1. The maximum atomic E-state index is 11.6. The maximum absolute atomic E-state index is 11.6. The lowest BCUT2D eigenvalue weighted by atomic mass is 10.1. The SMILES string of the molecule is Cn1cc(-c2cccc(-c3ncc(-c4ccn(C)n4)c(NC4CCC(=O)NC4)n3)c2)cn1.Cn1cc(-c2cccc(-c3ncc(-c4ccn(C)n4)c(NCCO)n3)c2)cn1.Cn1cc(-c2cccc(-c3ncc(-c4cnn(C)c4)c(NCCCCO)n3)c2)cn1. The molecule has 90 heavy (non-hydrogen) atoms. The number of aliphatic hydroxyl groups is 2. The number of unbranched alkanes of at least 4 members (excludes halogenated alkanes) is 1. The number of hydrogen-bond acceptors (Lipinski definition) is 18. The van der Waals surface area contributed by atoms with E-state index in [0.717, 1.165) is 115 Å². The van der Waals surface area contributed by atoms with E-state index in [0.29, 0.717) is 48.6 Å². The number of aromatic nitrogens is 18. The van der Waals surface area contributed by atoms with E-state index in [1.165, 1.54) is 0 Å². The van der Waals surface area contributed by atoms with Crippen LogP contribution in [-0.4, -0.2) is 144 Å². The maximum Gasteiger partial charge on any atom is 0.220 e. The van der Waals surface area contributed by atoms with Crippen molar-refractivity contribution in [3.05, 3.63) is 165 Å². The second-order valence-electron chi connectivity index (χ2n) is 21.7. The zero-order valence-corrected chi connectivity index (χ0v) is 50.9. The van der Waals surface area contributed by atoms with Crippen LogP contribution in [0.25, 0.3) is 101 Å². The molecule has 458 valence electrons. The van der Waals surface area contributed by atoms with Gasteiger partial charge in [-0.05, 0) is 66.3 Å². The van der Waals surface area contributed by atoms with Gasteiger partial charge in [0.2, 0.25) is 5.91 Å². The predicted octanol–water partition coefficient (Wildman–Crippen LogP) is 8.11. The summed E-state index contributed by atoms with van der Waals surface area (Å²) >= 11 is 0. The van der Waals surface area contributed by atoms with Gasteiger partial charge in [0.05, 0.1) is 53.9 Å². The molecule has 0 bridgehead atoms. The average molecular weight is 1210 g/mol. The van der Waals surface area contributed by atoms with Gasteiger partial charge in [0, 0.05) is 181 Å². The molecule has 0 radical (unpaired) electrons. The van der Waals surface area contributed by atoms with Gasteiger partial charge in [-0.3, -0.25) is 32.9 Å². The fourth-order valence-corrected chi connectivity index (χ4v) is 10.1. The van der Waals surface area contributed by atoms with Crippen molar-refractivity contribution in [3.63, 3.8) is 0 Å². The van der Waals surface area contributed by atoms with Crippen LogP contribution in [0.5, 0.6) is 0 Å². The highest BCUT2D eigenvalue weighted by molar-refractivity contribution is 5.80. The van der Waals surface area contributed by atoms with Gasteiger partial charge in [0.1, 0.15) is 17.5 Å². The molecule has 1 saturated heterocycles. The molecule has 0 aliphatic carbocycles. The minimum atomic E-state index is 0.0114. The smallest absolute Gasteiger partial charge is 0.220 e. The van der Waals surface area contributed by atoms with E-state index in [1.807, 2.05) is 177 Å². The van der Waals surface area contributed by atoms with E-state index in [4.69, 9.17) is 20.1 Å². The molecule has 12 aromatic rings. The molecule has 1 aliphatic rings. The van der Waals surface area contributed by atoms with Gasteiger partial charge < -0.3 is 31.5 Å². The number of aryl methyl sites for hydroxylation is 6. The first kappa shape index (κ1) is 60.6. The largest absolute Gasteiger partial charge is 0.396 e. The van der Waals surface area contributed by atoms with Crippen LogP contribution < -0.4 is 21.3 Å². The van der Waals surface area contributed by atoms with Crippen molar-refractivity contribution < 1.29 is 15.0 Å². The Morgan fingerprint density at radius 2 is 0.889 bits per heavy atom. The van der Waals surface area contributed by atoms with Crippen LogP contribution in [0, 0.1) is 0 Å². The lowest BCUT2D eigenvalue weighted by Gasteiger charge is -2.25. The monoisotopic (exact) mass is 1210 g/mol. The van der Waals surface area contributed by atoms with Crippen molar-refractivity contribution in [2.24, 2.45) is 42.3 Å². The van der Waals surface area contributed by atoms with Gasteiger partial charge in [0.15, 0.2) is 17.5 Å². The lowest BCUT2D eigenvalue weighted by Crippen LogP contribution is -2.42. The fourth-order valence-electron chi connectivity index (χ4n) is 10.1. The number of nitrogens with one attached hydrogen (secondary N) is 4. The minimum absolute atomic E-state index is 0.0114. The highest BCUT2D eigenvalue weighted by Crippen LogP contribution is 2.33. The molecule has 6 N–H and O–H groups in total. The first-order valence-electron chi connectivity index (χ1n) is 29.4.